The van der Waals surface area contributed by atoms with E-state index in [0.29, 0.717) is 24.8 Å². The second-order valence-corrected chi connectivity index (χ2v) is 10.3. The molecule has 3 heterocycles. The molecule has 3 atom stereocenters. The maximum Gasteiger partial charge on any atom is 0.438 e. The molecule has 1 aliphatic carbocycles. The summed E-state index contributed by atoms with van der Waals surface area (Å²) in [6.07, 6.45) is 2.44. The zero-order valence-corrected chi connectivity index (χ0v) is 19.7. The molecule has 0 radical (unpaired) electrons. The van der Waals surface area contributed by atoms with Gasteiger partial charge >= 0.3 is 11.7 Å². The second-order valence-electron chi connectivity index (χ2n) is 10.3. The summed E-state index contributed by atoms with van der Waals surface area (Å²) in [7, 11) is 0. The van der Waals surface area contributed by atoms with Crippen LogP contribution in [0.5, 0.6) is 0 Å². The van der Waals surface area contributed by atoms with Gasteiger partial charge in [-0.3, -0.25) is 9.51 Å². The van der Waals surface area contributed by atoms with Crippen LogP contribution < -0.4 is 5.76 Å². The average Bonchev–Trinajstić information content (AvgIpc) is 3.21. The third-order valence-corrected chi connectivity index (χ3v) is 7.60. The summed E-state index contributed by atoms with van der Waals surface area (Å²) in [5.41, 5.74) is 2.14. The van der Waals surface area contributed by atoms with Crippen molar-refractivity contribution in [2.45, 2.75) is 56.1 Å². The Bertz CT molecular complexity index is 1480. The first-order valence-electron chi connectivity index (χ1n) is 11.9. The number of rotatable bonds is 5. The summed E-state index contributed by atoms with van der Waals surface area (Å²) >= 11 is 0. The van der Waals surface area contributed by atoms with E-state index in [9.17, 15) is 14.7 Å². The average molecular weight is 474 g/mol. The Labute approximate surface area is 201 Å². The summed E-state index contributed by atoms with van der Waals surface area (Å²) in [6.45, 7) is 4.92. The molecule has 0 spiro atoms. The number of carboxylic acid groups (broad SMARTS) is 1. The molecule has 2 aromatic heterocycles. The number of nitrogens with zero attached hydrogens (tertiary/aromatic N) is 2. The fraction of sp³-hybridized carbons (Fsp3) is 0.370. The number of aromatic nitrogens is 3. The highest BCUT2D eigenvalue weighted by molar-refractivity contribution is 5.95. The summed E-state index contributed by atoms with van der Waals surface area (Å²) < 4.78 is 12.6. The summed E-state index contributed by atoms with van der Waals surface area (Å²) in [5.74, 6) is -1.06. The molecule has 2 fully saturated rings. The zero-order chi connectivity index (χ0) is 24.4. The summed E-state index contributed by atoms with van der Waals surface area (Å²) in [6, 6.07) is 17.8. The van der Waals surface area contributed by atoms with Gasteiger partial charge in [-0.1, -0.05) is 41.6 Å². The minimum Gasteiger partial charge on any atom is -0.477 e. The molecule has 6 rings (SSSR count). The summed E-state index contributed by atoms with van der Waals surface area (Å²) in [5, 5.41) is 15.1. The van der Waals surface area contributed by atoms with Crippen molar-refractivity contribution in [2.24, 2.45) is 0 Å². The van der Waals surface area contributed by atoms with Gasteiger partial charge in [-0.2, -0.15) is 0 Å². The number of nitrogens with one attached hydrogen (secondary N) is 1. The van der Waals surface area contributed by atoms with Crippen LogP contribution in [0.3, 0.4) is 0 Å². The van der Waals surface area contributed by atoms with E-state index >= 15 is 0 Å². The van der Waals surface area contributed by atoms with Gasteiger partial charge in [0, 0.05) is 23.4 Å². The minimum absolute atomic E-state index is 0.0610. The molecule has 2 N–H and O–H groups in total. The minimum atomic E-state index is -1.03. The predicted octanol–water partition coefficient (Wildman–Crippen LogP) is 4.62. The van der Waals surface area contributed by atoms with Gasteiger partial charge in [-0.15, -0.1) is 0 Å². The van der Waals surface area contributed by atoms with Crippen molar-refractivity contribution < 1.29 is 19.2 Å². The number of benzene rings is 2. The van der Waals surface area contributed by atoms with Gasteiger partial charge in [0.15, 0.2) is 5.82 Å². The topological polar surface area (TPSA) is 110 Å². The molecule has 0 bridgehead atoms. The Morgan fingerprint density at radius 2 is 1.91 bits per heavy atom. The number of fused-ring (bicyclic) bond motifs is 1. The summed E-state index contributed by atoms with van der Waals surface area (Å²) in [4.78, 5) is 27.1. The van der Waals surface area contributed by atoms with Crippen LogP contribution in [-0.2, 0) is 10.3 Å². The normalized spacial score (nSPS) is 25.5. The van der Waals surface area contributed by atoms with Crippen LogP contribution in [0.25, 0.3) is 10.9 Å². The van der Waals surface area contributed by atoms with Crippen LogP contribution in [0.4, 0.5) is 0 Å². The molecular formula is C27H27N3O5. The lowest BCUT2D eigenvalue weighted by molar-refractivity contribution is -0.0592. The molecule has 1 saturated carbocycles. The van der Waals surface area contributed by atoms with E-state index in [1.54, 1.807) is 6.07 Å². The molecule has 2 unspecified atom stereocenters. The SMILES string of the molecule is CC1(C)C[C@@H](c2ccc3c(c2)cc(C(=O)O)n3C2(c3noc(=O)[nH]3)CC2c2ccccc2)CCO1. The zero-order valence-electron chi connectivity index (χ0n) is 19.7. The van der Waals surface area contributed by atoms with Crippen LogP contribution in [0.15, 0.2) is 63.9 Å². The van der Waals surface area contributed by atoms with Crippen molar-refractivity contribution in [2.75, 3.05) is 6.61 Å². The molecule has 8 nitrogen and oxygen atoms in total. The molecule has 0 amide bonds. The van der Waals surface area contributed by atoms with Gasteiger partial charge in [-0.25, -0.2) is 9.59 Å². The van der Waals surface area contributed by atoms with E-state index in [2.05, 4.69) is 36.1 Å². The molecule has 1 aliphatic heterocycles. The fourth-order valence-electron chi connectivity index (χ4n) is 5.95. The van der Waals surface area contributed by atoms with Gasteiger partial charge in [0.25, 0.3) is 0 Å². The number of hydrogen-bond acceptors (Lipinski definition) is 5. The first-order valence-corrected chi connectivity index (χ1v) is 11.9. The highest BCUT2D eigenvalue weighted by Crippen LogP contribution is 2.61. The monoisotopic (exact) mass is 473 g/mol. The van der Waals surface area contributed by atoms with E-state index in [4.69, 9.17) is 9.26 Å². The number of carbonyl (C=O) groups is 1. The molecule has 180 valence electrons. The Hall–Kier alpha value is -3.65. The van der Waals surface area contributed by atoms with E-state index in [-0.39, 0.29) is 17.2 Å². The van der Waals surface area contributed by atoms with E-state index in [1.165, 1.54) is 5.56 Å². The highest BCUT2D eigenvalue weighted by Gasteiger charge is 2.62. The van der Waals surface area contributed by atoms with E-state index < -0.39 is 17.3 Å². The van der Waals surface area contributed by atoms with Crippen LogP contribution >= 0.6 is 0 Å². The molecule has 2 aromatic carbocycles. The van der Waals surface area contributed by atoms with Gasteiger partial charge < -0.3 is 14.4 Å². The second kappa shape index (κ2) is 7.68. The van der Waals surface area contributed by atoms with Crippen molar-refractivity contribution in [3.8, 4) is 0 Å². The first-order chi connectivity index (χ1) is 16.8. The largest absolute Gasteiger partial charge is 0.477 e. The molecular weight excluding hydrogens is 446 g/mol. The van der Waals surface area contributed by atoms with Gasteiger partial charge in [0.1, 0.15) is 11.2 Å². The number of H-pyrrole nitrogens is 1. The lowest BCUT2D eigenvalue weighted by Gasteiger charge is -2.35. The van der Waals surface area contributed by atoms with Gasteiger partial charge in [0.05, 0.1) is 5.60 Å². The maximum atomic E-state index is 12.5. The molecule has 1 saturated heterocycles. The highest BCUT2D eigenvalue weighted by atomic mass is 16.5. The number of ether oxygens (including phenoxy) is 1. The quantitative estimate of drug-likeness (QED) is 0.438. The third-order valence-electron chi connectivity index (χ3n) is 7.60. The van der Waals surface area contributed by atoms with E-state index in [1.807, 2.05) is 41.0 Å². The maximum absolute atomic E-state index is 12.5. The number of aromatic carboxylic acids is 1. The molecule has 2 aliphatic rings. The fourth-order valence-corrected chi connectivity index (χ4v) is 5.95. The van der Waals surface area contributed by atoms with Crippen molar-refractivity contribution in [3.05, 3.63) is 87.8 Å². The molecule has 35 heavy (non-hydrogen) atoms. The Kier molecular flexibility index (Phi) is 4.79. The predicted molar refractivity (Wildman–Crippen MR) is 129 cm³/mol. The van der Waals surface area contributed by atoms with Crippen LogP contribution in [-0.4, -0.2) is 38.0 Å². The Morgan fingerprint density at radius 1 is 1.11 bits per heavy atom. The Morgan fingerprint density at radius 3 is 2.60 bits per heavy atom. The smallest absolute Gasteiger partial charge is 0.438 e. The molecule has 8 heteroatoms. The lowest BCUT2D eigenvalue weighted by atomic mass is 9.83. The molecule has 4 aromatic rings. The van der Waals surface area contributed by atoms with Crippen molar-refractivity contribution >= 4 is 16.9 Å². The lowest BCUT2D eigenvalue weighted by Crippen LogP contribution is -2.32. The van der Waals surface area contributed by atoms with Gasteiger partial charge in [-0.05, 0) is 68.4 Å². The van der Waals surface area contributed by atoms with E-state index in [0.717, 1.165) is 29.3 Å². The van der Waals surface area contributed by atoms with Crippen LogP contribution in [0.1, 0.15) is 72.4 Å². The van der Waals surface area contributed by atoms with Crippen molar-refractivity contribution in [3.63, 3.8) is 0 Å². The third kappa shape index (κ3) is 3.51. The van der Waals surface area contributed by atoms with Crippen molar-refractivity contribution in [1.82, 2.24) is 14.7 Å². The Balaban J connectivity index is 1.52. The number of hydrogen-bond donors (Lipinski definition) is 2. The standard InChI is InChI=1S/C27H27N3O5/c1-26(2)14-18(10-11-34-26)17-8-9-21-19(12-17)13-22(23(31)32)30(21)27(24-28-25(33)35-29-24)15-20(27)16-6-4-3-5-7-16/h3-9,12-13,18,20H,10-11,14-15H2,1-2H3,(H,31,32)(H,28,29,33)/t18-,20?,27?/m0/s1. The first kappa shape index (κ1) is 21.9. The number of aromatic amines is 1. The van der Waals surface area contributed by atoms with Crippen LogP contribution in [0, 0.1) is 0 Å². The van der Waals surface area contributed by atoms with Gasteiger partial charge in [0.2, 0.25) is 0 Å². The van der Waals surface area contributed by atoms with Crippen molar-refractivity contribution in [1.29, 1.82) is 0 Å². The van der Waals surface area contributed by atoms with Crippen LogP contribution in [0.2, 0.25) is 0 Å². The number of carboxylic acids is 1.